The molecule has 1 N–H and O–H groups in total. The second-order valence-electron chi connectivity index (χ2n) is 4.17. The molecule has 2 nitrogen and oxygen atoms in total. The van der Waals surface area contributed by atoms with E-state index in [0.29, 0.717) is 11.3 Å². The van der Waals surface area contributed by atoms with Crippen molar-refractivity contribution in [1.82, 2.24) is 0 Å². The zero-order chi connectivity index (χ0) is 13.1. The lowest BCUT2D eigenvalue weighted by molar-refractivity contribution is 0.209. The smallest absolute Gasteiger partial charge is 0.129 e. The number of aryl methyl sites for hydroxylation is 1. The number of hydrogen-bond donors (Lipinski definition) is 1. The van der Waals surface area contributed by atoms with E-state index >= 15 is 0 Å². The fourth-order valence-corrected chi connectivity index (χ4v) is 1.93. The Hall–Kier alpha value is -1.87. The maximum absolute atomic E-state index is 13.7. The SMILES string of the molecule is COc1ccc(C)cc1C(O)c1ccccc1F. The van der Waals surface area contributed by atoms with E-state index in [1.165, 1.54) is 13.2 Å². The summed E-state index contributed by atoms with van der Waals surface area (Å²) >= 11 is 0. The number of halogens is 1. The Labute approximate surface area is 106 Å². The van der Waals surface area contributed by atoms with Crippen molar-refractivity contribution in [1.29, 1.82) is 0 Å². The predicted molar refractivity (Wildman–Crippen MR) is 68.2 cm³/mol. The molecule has 0 saturated heterocycles. The van der Waals surface area contributed by atoms with Crippen LogP contribution >= 0.6 is 0 Å². The first kappa shape index (κ1) is 12.6. The fraction of sp³-hybridized carbons (Fsp3) is 0.200. The van der Waals surface area contributed by atoms with Gasteiger partial charge in [-0.25, -0.2) is 4.39 Å². The minimum absolute atomic E-state index is 0.251. The minimum atomic E-state index is -1.03. The number of ether oxygens (including phenoxy) is 1. The van der Waals surface area contributed by atoms with Gasteiger partial charge in [-0.1, -0.05) is 29.8 Å². The Morgan fingerprint density at radius 1 is 1.11 bits per heavy atom. The van der Waals surface area contributed by atoms with Gasteiger partial charge in [-0.05, 0) is 25.1 Å². The van der Waals surface area contributed by atoms with Gasteiger partial charge in [0, 0.05) is 11.1 Å². The molecule has 0 fully saturated rings. The zero-order valence-corrected chi connectivity index (χ0v) is 10.4. The lowest BCUT2D eigenvalue weighted by atomic mass is 9.98. The first-order valence-electron chi connectivity index (χ1n) is 5.70. The van der Waals surface area contributed by atoms with Crippen LogP contribution in [0, 0.1) is 12.7 Å². The normalized spacial score (nSPS) is 12.2. The molecule has 1 atom stereocenters. The zero-order valence-electron chi connectivity index (χ0n) is 10.4. The third-order valence-electron chi connectivity index (χ3n) is 2.88. The van der Waals surface area contributed by atoms with Crippen LogP contribution in [0.3, 0.4) is 0 Å². The Balaban J connectivity index is 2.48. The predicted octanol–water partition coefficient (Wildman–Crippen LogP) is 3.22. The molecule has 0 aliphatic rings. The minimum Gasteiger partial charge on any atom is -0.496 e. The van der Waals surface area contributed by atoms with Crippen LogP contribution in [0.4, 0.5) is 4.39 Å². The Morgan fingerprint density at radius 2 is 1.83 bits per heavy atom. The van der Waals surface area contributed by atoms with Crippen molar-refractivity contribution in [2.75, 3.05) is 7.11 Å². The van der Waals surface area contributed by atoms with Gasteiger partial charge in [0.2, 0.25) is 0 Å². The topological polar surface area (TPSA) is 29.5 Å². The second kappa shape index (κ2) is 5.19. The largest absolute Gasteiger partial charge is 0.496 e. The van der Waals surface area contributed by atoms with Gasteiger partial charge in [-0.2, -0.15) is 0 Å². The van der Waals surface area contributed by atoms with E-state index in [1.807, 2.05) is 13.0 Å². The van der Waals surface area contributed by atoms with E-state index in [-0.39, 0.29) is 5.56 Å². The molecule has 0 aliphatic heterocycles. The van der Waals surface area contributed by atoms with Crippen molar-refractivity contribution in [2.45, 2.75) is 13.0 Å². The molecule has 0 amide bonds. The van der Waals surface area contributed by atoms with Crippen molar-refractivity contribution in [2.24, 2.45) is 0 Å². The van der Waals surface area contributed by atoms with Crippen LogP contribution in [0.2, 0.25) is 0 Å². The lowest BCUT2D eigenvalue weighted by Gasteiger charge is -2.16. The first-order chi connectivity index (χ1) is 8.63. The van der Waals surface area contributed by atoms with Gasteiger partial charge in [0.1, 0.15) is 17.7 Å². The van der Waals surface area contributed by atoms with Crippen LogP contribution in [-0.4, -0.2) is 12.2 Å². The summed E-state index contributed by atoms with van der Waals surface area (Å²) in [6.45, 7) is 1.91. The van der Waals surface area contributed by atoms with Gasteiger partial charge < -0.3 is 9.84 Å². The lowest BCUT2D eigenvalue weighted by Crippen LogP contribution is -2.05. The summed E-state index contributed by atoms with van der Waals surface area (Å²) in [7, 11) is 1.53. The van der Waals surface area contributed by atoms with Gasteiger partial charge in [0.05, 0.1) is 7.11 Å². The third kappa shape index (κ3) is 2.36. The van der Waals surface area contributed by atoms with Crippen LogP contribution < -0.4 is 4.74 Å². The van der Waals surface area contributed by atoms with E-state index in [9.17, 15) is 9.50 Å². The molecule has 18 heavy (non-hydrogen) atoms. The highest BCUT2D eigenvalue weighted by molar-refractivity contribution is 5.42. The van der Waals surface area contributed by atoms with E-state index in [4.69, 9.17) is 4.74 Å². The number of methoxy groups -OCH3 is 1. The summed E-state index contributed by atoms with van der Waals surface area (Å²) in [6, 6.07) is 11.7. The second-order valence-corrected chi connectivity index (χ2v) is 4.17. The first-order valence-corrected chi connectivity index (χ1v) is 5.70. The van der Waals surface area contributed by atoms with Crippen molar-refractivity contribution >= 4 is 0 Å². The highest BCUT2D eigenvalue weighted by Gasteiger charge is 2.18. The van der Waals surface area contributed by atoms with Crippen LogP contribution in [-0.2, 0) is 0 Å². The summed E-state index contributed by atoms with van der Waals surface area (Å²) < 4.78 is 18.9. The highest BCUT2D eigenvalue weighted by Crippen LogP contribution is 2.31. The Bertz CT molecular complexity index is 552. The molecule has 0 radical (unpaired) electrons. The summed E-state index contributed by atoms with van der Waals surface area (Å²) in [4.78, 5) is 0. The molecule has 94 valence electrons. The molecule has 0 aliphatic carbocycles. The molecule has 2 aromatic rings. The molecule has 0 saturated carbocycles. The Kier molecular flexibility index (Phi) is 3.63. The van der Waals surface area contributed by atoms with Gasteiger partial charge in [-0.15, -0.1) is 0 Å². The van der Waals surface area contributed by atoms with Gasteiger partial charge in [-0.3, -0.25) is 0 Å². The third-order valence-corrected chi connectivity index (χ3v) is 2.88. The van der Waals surface area contributed by atoms with Crippen LogP contribution in [0.5, 0.6) is 5.75 Å². The molecule has 0 bridgehead atoms. The van der Waals surface area contributed by atoms with E-state index in [2.05, 4.69) is 0 Å². The monoisotopic (exact) mass is 246 g/mol. The number of aliphatic hydroxyl groups excluding tert-OH is 1. The van der Waals surface area contributed by atoms with Gasteiger partial charge in [0.15, 0.2) is 0 Å². The number of benzene rings is 2. The van der Waals surface area contributed by atoms with E-state index < -0.39 is 11.9 Å². The van der Waals surface area contributed by atoms with Crippen molar-refractivity contribution in [3.8, 4) is 5.75 Å². The molecule has 2 rings (SSSR count). The van der Waals surface area contributed by atoms with Crippen LogP contribution in [0.25, 0.3) is 0 Å². The van der Waals surface area contributed by atoms with Crippen LogP contribution in [0.15, 0.2) is 42.5 Å². The molecular formula is C15H15FO2. The number of rotatable bonds is 3. The maximum atomic E-state index is 13.7. The Morgan fingerprint density at radius 3 is 2.50 bits per heavy atom. The van der Waals surface area contributed by atoms with Gasteiger partial charge >= 0.3 is 0 Å². The van der Waals surface area contributed by atoms with Crippen molar-refractivity contribution in [3.63, 3.8) is 0 Å². The van der Waals surface area contributed by atoms with E-state index in [1.54, 1.807) is 30.3 Å². The quantitative estimate of drug-likeness (QED) is 0.901. The number of hydrogen-bond acceptors (Lipinski definition) is 2. The van der Waals surface area contributed by atoms with Crippen molar-refractivity contribution < 1.29 is 14.2 Å². The van der Waals surface area contributed by atoms with Crippen molar-refractivity contribution in [3.05, 3.63) is 65.0 Å². The molecule has 3 heteroatoms. The molecule has 0 spiro atoms. The summed E-state index contributed by atoms with van der Waals surface area (Å²) in [5.74, 6) is 0.130. The molecule has 1 unspecified atom stereocenters. The standard InChI is InChI=1S/C15H15FO2/c1-10-7-8-14(18-2)12(9-10)15(17)11-5-3-4-6-13(11)16/h3-9,15,17H,1-2H3. The molecule has 0 aromatic heterocycles. The molecule has 0 heterocycles. The molecule has 2 aromatic carbocycles. The summed E-state index contributed by atoms with van der Waals surface area (Å²) in [6.07, 6.45) is -1.03. The van der Waals surface area contributed by atoms with Crippen LogP contribution in [0.1, 0.15) is 22.8 Å². The summed E-state index contributed by atoms with van der Waals surface area (Å²) in [5.41, 5.74) is 1.81. The van der Waals surface area contributed by atoms with Gasteiger partial charge in [0.25, 0.3) is 0 Å². The number of aliphatic hydroxyl groups is 1. The molecular weight excluding hydrogens is 231 g/mol. The van der Waals surface area contributed by atoms with E-state index in [0.717, 1.165) is 5.56 Å². The maximum Gasteiger partial charge on any atom is 0.129 e. The average Bonchev–Trinajstić information content (AvgIpc) is 2.38. The highest BCUT2D eigenvalue weighted by atomic mass is 19.1. The fourth-order valence-electron chi connectivity index (χ4n) is 1.93. The summed E-state index contributed by atoms with van der Waals surface area (Å²) in [5, 5.41) is 10.3. The average molecular weight is 246 g/mol.